The summed E-state index contributed by atoms with van der Waals surface area (Å²) in [6, 6.07) is 20.9. The van der Waals surface area contributed by atoms with Gasteiger partial charge in [-0.1, -0.05) is 150 Å². The molecule has 3 fully saturated rings. The van der Waals surface area contributed by atoms with Gasteiger partial charge in [0.05, 0.1) is 0 Å². The van der Waals surface area contributed by atoms with Crippen LogP contribution in [0.4, 0.5) is 5.69 Å². The Labute approximate surface area is 204 Å². The average molecular weight is 481 g/mol. The third-order valence-electron chi connectivity index (χ3n) is 6.64. The van der Waals surface area contributed by atoms with Crippen molar-refractivity contribution in [1.82, 2.24) is 0 Å². The molecule has 0 unspecified atom stereocenters. The normalized spacial score (nSPS) is 24.6. The summed E-state index contributed by atoms with van der Waals surface area (Å²) in [6.45, 7) is 4.37. The van der Waals surface area contributed by atoms with Gasteiger partial charge in [-0.3, -0.25) is 0 Å². The molecule has 5 rings (SSSR count). The maximum Gasteiger partial charge on any atom is 4.00 e. The minimum atomic E-state index is -0.136. The van der Waals surface area contributed by atoms with Gasteiger partial charge in [0.25, 0.3) is 0 Å². The van der Waals surface area contributed by atoms with Crippen molar-refractivity contribution >= 4 is 5.69 Å². The molecule has 0 saturated heterocycles. The average Bonchev–Trinajstić information content (AvgIpc) is 3.56. The Balaban J connectivity index is 0.000000239. The summed E-state index contributed by atoms with van der Waals surface area (Å²) in [5.41, 5.74) is 2.22. The molecule has 158 valence electrons. The number of nitrogens with zero attached hydrogens (tertiary/aromatic N) is 1. The molecule has 3 aliphatic carbocycles. The van der Waals surface area contributed by atoms with E-state index in [0.29, 0.717) is 5.92 Å². The summed E-state index contributed by atoms with van der Waals surface area (Å²) in [5, 5.41) is 5.08. The molecule has 3 saturated carbocycles. The molecule has 2 heteroatoms. The van der Waals surface area contributed by atoms with Crippen LogP contribution in [0.1, 0.15) is 89.0 Å². The first-order valence-electron chi connectivity index (χ1n) is 12.0. The molecule has 0 aromatic heterocycles. The Morgan fingerprint density at radius 3 is 1.47 bits per heavy atom. The molecule has 0 N–H and O–H groups in total. The van der Waals surface area contributed by atoms with Gasteiger partial charge in [0.2, 0.25) is 0 Å². The second-order valence-corrected chi connectivity index (χ2v) is 8.86. The zero-order valence-corrected chi connectivity index (χ0v) is 21.2. The number of rotatable bonds is 3. The van der Waals surface area contributed by atoms with Crippen molar-refractivity contribution in [1.29, 1.82) is 0 Å². The molecule has 2 atom stereocenters. The maximum atomic E-state index is 5.08. The molecule has 1 nitrogen and oxygen atoms in total. The molecule has 0 spiro atoms. The van der Waals surface area contributed by atoms with Crippen LogP contribution in [-0.4, -0.2) is 0 Å². The minimum absolute atomic E-state index is 0. The number of benzene rings is 2. The maximum absolute atomic E-state index is 5.08. The van der Waals surface area contributed by atoms with Crippen molar-refractivity contribution in [2.24, 2.45) is 5.92 Å². The first-order chi connectivity index (χ1) is 14.3. The molecule has 0 bridgehead atoms. The Hall–Kier alpha value is -0.877. The van der Waals surface area contributed by atoms with Gasteiger partial charge in [-0.25, -0.2) is 0 Å². The minimum Gasteiger partial charge on any atom is -0.677 e. The predicted molar refractivity (Wildman–Crippen MR) is 126 cm³/mol. The van der Waals surface area contributed by atoms with Crippen LogP contribution >= 0.6 is 0 Å². The summed E-state index contributed by atoms with van der Waals surface area (Å²) in [6.07, 6.45) is 18.5. The van der Waals surface area contributed by atoms with E-state index in [-0.39, 0.29) is 31.7 Å². The number of hydrogen-bond acceptors (Lipinski definition) is 0. The molecule has 0 radical (unpaired) electrons. The molecule has 30 heavy (non-hydrogen) atoms. The van der Waals surface area contributed by atoms with E-state index in [2.05, 4.69) is 49.4 Å². The second kappa shape index (κ2) is 14.2. The topological polar surface area (TPSA) is 14.1 Å². The standard InChI is InChI=1S/C18H19N.2C5H10.Zr/c1-15-9-8-14-18(15,16-10-4-2-5-11-16)19-17-12-6-3-7-13-17;2*1-2-4-5-3-1;/h2-7,10-13,15H,1,8-9,14H2;2*1-5H2;/q-2;;;+4/t15-,18+;;;/m1.../s1. The van der Waals surface area contributed by atoms with Gasteiger partial charge in [-0.2, -0.15) is 5.92 Å². The Bertz CT molecular complexity index is 638. The summed E-state index contributed by atoms with van der Waals surface area (Å²) in [5.74, 6) is 0.357. The first kappa shape index (κ1) is 25.4. The van der Waals surface area contributed by atoms with Gasteiger partial charge < -0.3 is 12.2 Å². The summed E-state index contributed by atoms with van der Waals surface area (Å²) < 4.78 is 0. The van der Waals surface area contributed by atoms with E-state index in [1.165, 1.54) is 76.2 Å². The van der Waals surface area contributed by atoms with Crippen LogP contribution in [0.25, 0.3) is 5.32 Å². The SMILES string of the molecule is C1CCCC1.C1CCCC1.[CH2-][C@@H]1CCC[C@@]1([N-]c1ccccc1)c1ccccc1.[Zr+4]. The molecule has 0 amide bonds. The zero-order chi connectivity index (χ0) is 20.2. The summed E-state index contributed by atoms with van der Waals surface area (Å²) in [4.78, 5) is 0. The summed E-state index contributed by atoms with van der Waals surface area (Å²) >= 11 is 0. The van der Waals surface area contributed by atoms with Crippen molar-refractivity contribution in [2.45, 2.75) is 89.0 Å². The van der Waals surface area contributed by atoms with E-state index < -0.39 is 0 Å². The van der Waals surface area contributed by atoms with Crippen LogP contribution in [0.2, 0.25) is 0 Å². The van der Waals surface area contributed by atoms with Gasteiger partial charge in [0.1, 0.15) is 0 Å². The molecule has 2 aromatic carbocycles. The van der Waals surface area contributed by atoms with Crippen molar-refractivity contribution in [2.75, 3.05) is 0 Å². The van der Waals surface area contributed by atoms with Crippen LogP contribution in [0.3, 0.4) is 0 Å². The quantitative estimate of drug-likeness (QED) is 0.389. The molecule has 2 aromatic rings. The van der Waals surface area contributed by atoms with Crippen LogP contribution in [-0.2, 0) is 31.7 Å². The fraction of sp³-hybridized carbons (Fsp3) is 0.536. The summed E-state index contributed by atoms with van der Waals surface area (Å²) in [7, 11) is 0. The van der Waals surface area contributed by atoms with Gasteiger partial charge in [-0.15, -0.1) is 11.2 Å². The van der Waals surface area contributed by atoms with Crippen LogP contribution in [0.15, 0.2) is 60.7 Å². The van der Waals surface area contributed by atoms with Gasteiger partial charge >= 0.3 is 26.2 Å². The van der Waals surface area contributed by atoms with Gasteiger partial charge in [0, 0.05) is 0 Å². The van der Waals surface area contributed by atoms with Crippen molar-refractivity contribution in [3.8, 4) is 0 Å². The fourth-order valence-corrected chi connectivity index (χ4v) is 4.88. The fourth-order valence-electron chi connectivity index (χ4n) is 4.88. The van der Waals surface area contributed by atoms with E-state index in [0.717, 1.165) is 18.5 Å². The predicted octanol–water partition coefficient (Wildman–Crippen LogP) is 9.12. The molecular weight excluding hydrogens is 442 g/mol. The third kappa shape index (κ3) is 7.67. The number of para-hydroxylation sites is 1. The smallest absolute Gasteiger partial charge is 0.677 e. The van der Waals surface area contributed by atoms with Crippen molar-refractivity contribution in [3.63, 3.8) is 0 Å². The van der Waals surface area contributed by atoms with Crippen LogP contribution in [0.5, 0.6) is 0 Å². The van der Waals surface area contributed by atoms with Crippen LogP contribution < -0.4 is 0 Å². The Kier molecular flexibility index (Phi) is 12.0. The van der Waals surface area contributed by atoms with Crippen molar-refractivity contribution < 1.29 is 26.2 Å². The van der Waals surface area contributed by atoms with Gasteiger partial charge in [-0.05, 0) is 0 Å². The van der Waals surface area contributed by atoms with Crippen molar-refractivity contribution in [3.05, 3.63) is 78.5 Å². The van der Waals surface area contributed by atoms with E-state index in [4.69, 9.17) is 5.32 Å². The second-order valence-electron chi connectivity index (χ2n) is 8.86. The first-order valence-corrected chi connectivity index (χ1v) is 12.0. The molecule has 0 aliphatic heterocycles. The number of hydrogen-bond donors (Lipinski definition) is 0. The third-order valence-corrected chi connectivity index (χ3v) is 6.64. The monoisotopic (exact) mass is 479 g/mol. The molecule has 3 aliphatic rings. The van der Waals surface area contributed by atoms with E-state index in [1.54, 1.807) is 0 Å². The zero-order valence-electron chi connectivity index (χ0n) is 18.7. The Morgan fingerprint density at radius 2 is 1.07 bits per heavy atom. The van der Waals surface area contributed by atoms with Gasteiger partial charge in [0.15, 0.2) is 0 Å². The van der Waals surface area contributed by atoms with E-state index in [1.807, 2.05) is 18.2 Å². The Morgan fingerprint density at radius 1 is 0.633 bits per heavy atom. The van der Waals surface area contributed by atoms with Crippen LogP contribution in [0, 0.1) is 12.8 Å². The molecular formula is C28H39NZr+2. The largest absolute Gasteiger partial charge is 4.00 e. The van der Waals surface area contributed by atoms with E-state index >= 15 is 0 Å². The molecule has 0 heterocycles. The van der Waals surface area contributed by atoms with E-state index in [9.17, 15) is 0 Å².